The highest BCUT2D eigenvalue weighted by atomic mass is 79.9. The van der Waals surface area contributed by atoms with Crippen LogP contribution in [-0.2, 0) is 33.7 Å². The lowest BCUT2D eigenvalue weighted by molar-refractivity contribution is -0.154. The number of esters is 1. The van der Waals surface area contributed by atoms with Crippen molar-refractivity contribution in [1.29, 1.82) is 0 Å². The molecule has 0 unspecified atom stereocenters. The Kier molecular flexibility index (Phi) is 11.1. The summed E-state index contributed by atoms with van der Waals surface area (Å²) in [7, 11) is 0. The summed E-state index contributed by atoms with van der Waals surface area (Å²) in [4.78, 5) is 29.5. The Balaban J connectivity index is 1.38. The van der Waals surface area contributed by atoms with Crippen LogP contribution in [-0.4, -0.2) is 35.3 Å². The van der Waals surface area contributed by atoms with Crippen LogP contribution < -0.4 is 10.1 Å². The zero-order valence-corrected chi connectivity index (χ0v) is 26.6. The molecule has 8 nitrogen and oxygen atoms in total. The second-order valence-corrected chi connectivity index (χ2v) is 12.6. The molecule has 3 aromatic rings. The van der Waals surface area contributed by atoms with Crippen LogP contribution in [0.2, 0.25) is 0 Å². The first-order valence-corrected chi connectivity index (χ1v) is 15.5. The van der Waals surface area contributed by atoms with Crippen LogP contribution in [0, 0.1) is 6.92 Å². The van der Waals surface area contributed by atoms with Crippen molar-refractivity contribution in [3.05, 3.63) is 69.5 Å². The fourth-order valence-corrected chi connectivity index (χ4v) is 5.20. The lowest BCUT2D eigenvalue weighted by atomic mass is 9.96. The van der Waals surface area contributed by atoms with Crippen LogP contribution in [0.15, 0.2) is 51.4 Å². The Bertz CT molecular complexity index is 1340. The number of alkyl carbamates (subject to hydrolysis) is 1. The molecule has 4 rings (SSSR count). The molecule has 2 aromatic carbocycles. The highest BCUT2D eigenvalue weighted by Crippen LogP contribution is 2.25. The van der Waals surface area contributed by atoms with Gasteiger partial charge in [0.25, 0.3) is 0 Å². The molecule has 0 atom stereocenters. The Labute approximate surface area is 256 Å². The van der Waals surface area contributed by atoms with Gasteiger partial charge in [-0.05, 0) is 94.5 Å². The van der Waals surface area contributed by atoms with E-state index < -0.39 is 11.7 Å². The van der Waals surface area contributed by atoms with Gasteiger partial charge >= 0.3 is 12.1 Å². The third kappa shape index (κ3) is 9.89. The molecule has 42 heavy (non-hydrogen) atoms. The van der Waals surface area contributed by atoms with E-state index >= 15 is 0 Å². The topological polar surface area (TPSA) is 99.9 Å². The summed E-state index contributed by atoms with van der Waals surface area (Å²) in [5.41, 5.74) is 2.91. The van der Waals surface area contributed by atoms with Crippen molar-refractivity contribution in [1.82, 2.24) is 10.3 Å². The van der Waals surface area contributed by atoms with E-state index in [1.54, 1.807) is 0 Å². The van der Waals surface area contributed by atoms with Crippen molar-refractivity contribution >= 4 is 28.0 Å². The molecule has 1 fully saturated rings. The lowest BCUT2D eigenvalue weighted by Gasteiger charge is -2.22. The summed E-state index contributed by atoms with van der Waals surface area (Å²) >= 11 is 3.45. The van der Waals surface area contributed by atoms with Gasteiger partial charge in [0, 0.05) is 28.9 Å². The lowest BCUT2D eigenvalue weighted by Crippen LogP contribution is -2.36. The molecule has 1 aliphatic rings. The molecule has 9 heteroatoms. The molecular formula is C33H41BrN2O6. The number of hydrogen-bond acceptors (Lipinski definition) is 7. The Hall–Kier alpha value is -3.33. The van der Waals surface area contributed by atoms with Gasteiger partial charge in [0.2, 0.25) is 5.89 Å². The van der Waals surface area contributed by atoms with Gasteiger partial charge in [-0.15, -0.1) is 0 Å². The fraction of sp³-hybridized carbons (Fsp3) is 0.485. The number of carbonyl (C=O) groups excluding carboxylic acids is 2. The van der Waals surface area contributed by atoms with Crippen molar-refractivity contribution < 1.29 is 28.2 Å². The maximum absolute atomic E-state index is 12.5. The smallest absolute Gasteiger partial charge is 0.407 e. The first-order valence-electron chi connectivity index (χ1n) is 14.7. The average molecular weight is 642 g/mol. The van der Waals surface area contributed by atoms with E-state index in [-0.39, 0.29) is 25.0 Å². The molecule has 0 saturated heterocycles. The van der Waals surface area contributed by atoms with E-state index in [1.165, 1.54) is 6.42 Å². The van der Waals surface area contributed by atoms with Gasteiger partial charge < -0.3 is 23.9 Å². The SMILES string of the molecule is Cc1oc(-c2ccc(Br)cc2)nc1CCOc1ccc(CCC(=O)OC(C)(C)C)c(COC(=O)NC2CCCCC2)c1. The minimum absolute atomic E-state index is 0.0817. The normalized spacial score (nSPS) is 13.9. The van der Waals surface area contributed by atoms with Crippen LogP contribution in [0.25, 0.3) is 11.5 Å². The Morgan fingerprint density at radius 2 is 1.76 bits per heavy atom. The van der Waals surface area contributed by atoms with E-state index in [0.717, 1.165) is 58.3 Å². The van der Waals surface area contributed by atoms with E-state index in [1.807, 2.05) is 70.2 Å². The van der Waals surface area contributed by atoms with Crippen LogP contribution in [0.3, 0.4) is 0 Å². The van der Waals surface area contributed by atoms with Gasteiger partial charge in [0.15, 0.2) is 0 Å². The van der Waals surface area contributed by atoms with Gasteiger partial charge in [-0.2, -0.15) is 0 Å². The van der Waals surface area contributed by atoms with Gasteiger partial charge in [-0.3, -0.25) is 4.79 Å². The van der Waals surface area contributed by atoms with Gasteiger partial charge in [-0.1, -0.05) is 41.3 Å². The minimum atomic E-state index is -0.543. The van der Waals surface area contributed by atoms with Crippen molar-refractivity contribution in [2.45, 2.75) is 97.3 Å². The first-order chi connectivity index (χ1) is 20.1. The quantitative estimate of drug-likeness (QED) is 0.213. The molecule has 0 aliphatic heterocycles. The number of halogens is 1. The number of rotatable bonds is 11. The zero-order valence-electron chi connectivity index (χ0n) is 25.0. The second-order valence-electron chi connectivity index (χ2n) is 11.7. The summed E-state index contributed by atoms with van der Waals surface area (Å²) in [6.45, 7) is 7.93. The summed E-state index contributed by atoms with van der Waals surface area (Å²) in [5.74, 6) is 1.72. The summed E-state index contributed by atoms with van der Waals surface area (Å²) in [6, 6.07) is 13.7. The van der Waals surface area contributed by atoms with E-state index in [4.69, 9.17) is 18.6 Å². The molecule has 0 spiro atoms. The molecule has 1 N–H and O–H groups in total. The van der Waals surface area contributed by atoms with E-state index in [0.29, 0.717) is 31.1 Å². The predicted molar refractivity (Wildman–Crippen MR) is 164 cm³/mol. The molecule has 1 heterocycles. The maximum Gasteiger partial charge on any atom is 0.407 e. The summed E-state index contributed by atoms with van der Waals surface area (Å²) in [5, 5.41) is 2.99. The molecule has 0 radical (unpaired) electrons. The number of aromatic nitrogens is 1. The first kappa shape index (κ1) is 31.6. The van der Waals surface area contributed by atoms with Crippen molar-refractivity contribution in [2.24, 2.45) is 0 Å². The number of benzene rings is 2. The fourth-order valence-electron chi connectivity index (χ4n) is 4.94. The number of amides is 1. The van der Waals surface area contributed by atoms with Crippen LogP contribution in [0.1, 0.15) is 81.9 Å². The van der Waals surface area contributed by atoms with E-state index in [9.17, 15) is 9.59 Å². The zero-order chi connectivity index (χ0) is 30.1. The number of hydrogen-bond donors (Lipinski definition) is 1. The largest absolute Gasteiger partial charge is 0.493 e. The highest BCUT2D eigenvalue weighted by Gasteiger charge is 2.19. The number of nitrogens with zero attached hydrogens (tertiary/aromatic N) is 1. The Morgan fingerprint density at radius 1 is 1.02 bits per heavy atom. The molecular weight excluding hydrogens is 600 g/mol. The number of oxazole rings is 1. The second kappa shape index (κ2) is 14.7. The highest BCUT2D eigenvalue weighted by molar-refractivity contribution is 9.10. The molecule has 1 aliphatic carbocycles. The van der Waals surface area contributed by atoms with Gasteiger partial charge in [0.1, 0.15) is 23.7 Å². The number of carbonyl (C=O) groups is 2. The van der Waals surface area contributed by atoms with E-state index in [2.05, 4.69) is 26.2 Å². The van der Waals surface area contributed by atoms with Crippen molar-refractivity contribution in [2.75, 3.05) is 6.61 Å². The van der Waals surface area contributed by atoms with Crippen LogP contribution >= 0.6 is 15.9 Å². The van der Waals surface area contributed by atoms with Gasteiger partial charge in [-0.25, -0.2) is 9.78 Å². The maximum atomic E-state index is 12.5. The average Bonchev–Trinajstić information content (AvgIpc) is 3.31. The van der Waals surface area contributed by atoms with Crippen molar-refractivity contribution in [3.63, 3.8) is 0 Å². The standard InChI is InChI=1S/C33H41BrN2O6/c1-22-29(36-31(41-22)24-10-14-26(34)15-11-24)18-19-39-28-16-12-23(13-17-30(37)42-33(2,3)4)25(20-28)21-40-32(38)35-27-8-6-5-7-9-27/h10-12,14-16,20,27H,5-9,13,17-19,21H2,1-4H3,(H,35,38). The number of aryl methyl sites for hydroxylation is 2. The molecule has 1 amide bonds. The minimum Gasteiger partial charge on any atom is -0.493 e. The number of nitrogens with one attached hydrogen (secondary N) is 1. The molecule has 0 bridgehead atoms. The van der Waals surface area contributed by atoms with Crippen LogP contribution in [0.4, 0.5) is 4.79 Å². The number of ether oxygens (including phenoxy) is 3. The summed E-state index contributed by atoms with van der Waals surface area (Å²) < 4.78 is 24.0. The summed E-state index contributed by atoms with van der Waals surface area (Å²) in [6.07, 6.45) is 6.27. The third-order valence-corrected chi connectivity index (χ3v) is 7.60. The Morgan fingerprint density at radius 3 is 2.48 bits per heavy atom. The van der Waals surface area contributed by atoms with Crippen molar-refractivity contribution in [3.8, 4) is 17.2 Å². The third-order valence-electron chi connectivity index (χ3n) is 7.07. The van der Waals surface area contributed by atoms with Gasteiger partial charge in [0.05, 0.1) is 12.3 Å². The molecule has 1 aromatic heterocycles. The monoisotopic (exact) mass is 640 g/mol. The predicted octanol–water partition coefficient (Wildman–Crippen LogP) is 7.87. The van der Waals surface area contributed by atoms with Crippen LogP contribution in [0.5, 0.6) is 5.75 Å². The molecule has 1 saturated carbocycles. The molecule has 226 valence electrons.